The molecule has 2 heterocycles. The predicted molar refractivity (Wildman–Crippen MR) is 61.4 cm³/mol. The number of rotatable bonds is 1. The van der Waals surface area contributed by atoms with Gasteiger partial charge in [-0.2, -0.15) is 0 Å². The highest BCUT2D eigenvalue weighted by Gasteiger charge is 2.05. The first-order chi connectivity index (χ1) is 7.84. The van der Waals surface area contributed by atoms with Gasteiger partial charge in [0.15, 0.2) is 5.65 Å². The van der Waals surface area contributed by atoms with Crippen LogP contribution in [0.5, 0.6) is 0 Å². The number of imidazole rings is 1. The van der Waals surface area contributed by atoms with Crippen molar-refractivity contribution in [3.8, 4) is 5.69 Å². The largest absolute Gasteiger partial charge is 0.283 e. The van der Waals surface area contributed by atoms with Gasteiger partial charge in [-0.1, -0.05) is 18.2 Å². The molecular formula is C12H10N4. The molecule has 0 radical (unpaired) electrons. The average Bonchev–Trinajstić information content (AvgIpc) is 2.73. The molecule has 3 rings (SSSR count). The van der Waals surface area contributed by atoms with Gasteiger partial charge in [0, 0.05) is 5.69 Å². The second kappa shape index (κ2) is 3.41. The van der Waals surface area contributed by atoms with E-state index < -0.39 is 0 Å². The minimum absolute atomic E-state index is 0.755. The van der Waals surface area contributed by atoms with Crippen molar-refractivity contribution < 1.29 is 0 Å². The van der Waals surface area contributed by atoms with Crippen LogP contribution in [0.1, 0.15) is 5.82 Å². The minimum Gasteiger partial charge on any atom is -0.283 e. The van der Waals surface area contributed by atoms with E-state index in [2.05, 4.69) is 15.0 Å². The van der Waals surface area contributed by atoms with E-state index in [1.165, 1.54) is 0 Å². The summed E-state index contributed by atoms with van der Waals surface area (Å²) in [5.41, 5.74) is 2.72. The number of aromatic nitrogens is 4. The van der Waals surface area contributed by atoms with Gasteiger partial charge in [-0.05, 0) is 19.1 Å². The van der Waals surface area contributed by atoms with Gasteiger partial charge < -0.3 is 0 Å². The number of fused-ring (bicyclic) bond motifs is 1. The molecule has 1 aromatic carbocycles. The average molecular weight is 210 g/mol. The van der Waals surface area contributed by atoms with Crippen LogP contribution in [0.15, 0.2) is 42.9 Å². The molecule has 4 nitrogen and oxygen atoms in total. The summed E-state index contributed by atoms with van der Waals surface area (Å²) in [7, 11) is 0. The SMILES string of the molecule is Cc1ncc2ncn(-c3ccccc3)c2n1. The highest BCUT2D eigenvalue weighted by molar-refractivity contribution is 5.71. The lowest BCUT2D eigenvalue weighted by Crippen LogP contribution is -1.95. The van der Waals surface area contributed by atoms with E-state index in [-0.39, 0.29) is 0 Å². The fourth-order valence-corrected chi connectivity index (χ4v) is 1.67. The molecule has 0 N–H and O–H groups in total. The van der Waals surface area contributed by atoms with Crippen molar-refractivity contribution in [2.75, 3.05) is 0 Å². The number of hydrogen-bond acceptors (Lipinski definition) is 3. The Kier molecular flexibility index (Phi) is 1.93. The van der Waals surface area contributed by atoms with E-state index in [9.17, 15) is 0 Å². The monoisotopic (exact) mass is 210 g/mol. The molecule has 4 heteroatoms. The van der Waals surface area contributed by atoms with E-state index >= 15 is 0 Å². The number of nitrogens with zero attached hydrogens (tertiary/aromatic N) is 4. The van der Waals surface area contributed by atoms with Gasteiger partial charge in [0.25, 0.3) is 0 Å². The first-order valence-corrected chi connectivity index (χ1v) is 5.07. The summed E-state index contributed by atoms with van der Waals surface area (Å²) < 4.78 is 1.96. The van der Waals surface area contributed by atoms with Crippen LogP contribution in [0, 0.1) is 6.92 Å². The third-order valence-corrected chi connectivity index (χ3v) is 2.45. The fourth-order valence-electron chi connectivity index (χ4n) is 1.67. The van der Waals surface area contributed by atoms with Crippen LogP contribution < -0.4 is 0 Å². The minimum atomic E-state index is 0.755. The molecule has 0 unspecified atom stereocenters. The summed E-state index contributed by atoms with van der Waals surface area (Å²) in [4.78, 5) is 12.8. The molecule has 2 aromatic heterocycles. The summed E-state index contributed by atoms with van der Waals surface area (Å²) in [6.45, 7) is 1.88. The third kappa shape index (κ3) is 1.35. The molecule has 0 amide bonds. The topological polar surface area (TPSA) is 43.6 Å². The molecule has 0 spiro atoms. The van der Waals surface area contributed by atoms with Crippen molar-refractivity contribution >= 4 is 11.2 Å². The van der Waals surface area contributed by atoms with Crippen LogP contribution in [0.25, 0.3) is 16.9 Å². The molecule has 0 saturated carbocycles. The Morgan fingerprint density at radius 2 is 1.88 bits per heavy atom. The van der Waals surface area contributed by atoms with Crippen LogP contribution in [0.2, 0.25) is 0 Å². The second-order valence-electron chi connectivity index (χ2n) is 3.58. The van der Waals surface area contributed by atoms with E-state index in [0.29, 0.717) is 0 Å². The molecule has 0 aliphatic rings. The number of para-hydroxylation sites is 1. The lowest BCUT2D eigenvalue weighted by Gasteiger charge is -2.02. The molecule has 0 aliphatic carbocycles. The maximum absolute atomic E-state index is 4.40. The first kappa shape index (κ1) is 9.03. The van der Waals surface area contributed by atoms with Gasteiger partial charge in [0.1, 0.15) is 17.7 Å². The Balaban J connectivity index is 2.29. The van der Waals surface area contributed by atoms with Crippen LogP contribution in [0.3, 0.4) is 0 Å². The van der Waals surface area contributed by atoms with Gasteiger partial charge >= 0.3 is 0 Å². The van der Waals surface area contributed by atoms with Gasteiger partial charge in [-0.25, -0.2) is 15.0 Å². The molecule has 78 valence electrons. The van der Waals surface area contributed by atoms with Crippen molar-refractivity contribution in [2.45, 2.75) is 6.92 Å². The van der Waals surface area contributed by atoms with E-state index in [1.54, 1.807) is 12.5 Å². The van der Waals surface area contributed by atoms with Crippen LogP contribution in [-0.4, -0.2) is 19.5 Å². The van der Waals surface area contributed by atoms with Gasteiger partial charge in [-0.3, -0.25) is 4.57 Å². The zero-order valence-electron chi connectivity index (χ0n) is 8.83. The summed E-state index contributed by atoms with van der Waals surface area (Å²) in [6, 6.07) is 10.0. The lowest BCUT2D eigenvalue weighted by atomic mass is 10.3. The maximum Gasteiger partial charge on any atom is 0.168 e. The standard InChI is InChI=1S/C12H10N4/c1-9-13-7-11-12(15-9)16(8-14-11)10-5-3-2-4-6-10/h2-8H,1H3. The lowest BCUT2D eigenvalue weighted by molar-refractivity contribution is 1.03. The van der Waals surface area contributed by atoms with Crippen LogP contribution in [0.4, 0.5) is 0 Å². The number of aryl methyl sites for hydroxylation is 1. The highest BCUT2D eigenvalue weighted by Crippen LogP contribution is 2.14. The zero-order chi connectivity index (χ0) is 11.0. The highest BCUT2D eigenvalue weighted by atomic mass is 15.1. The summed E-state index contributed by atoms with van der Waals surface area (Å²) in [5, 5.41) is 0. The molecule has 0 aliphatic heterocycles. The fraction of sp³-hybridized carbons (Fsp3) is 0.0833. The summed E-state index contributed by atoms with van der Waals surface area (Å²) >= 11 is 0. The predicted octanol–water partition coefficient (Wildman–Crippen LogP) is 2.12. The number of hydrogen-bond donors (Lipinski definition) is 0. The Morgan fingerprint density at radius 3 is 2.69 bits per heavy atom. The van der Waals surface area contributed by atoms with E-state index in [4.69, 9.17) is 0 Å². The van der Waals surface area contributed by atoms with Crippen molar-refractivity contribution in [1.29, 1.82) is 0 Å². The molecule has 0 bridgehead atoms. The molecular weight excluding hydrogens is 200 g/mol. The molecule has 0 saturated heterocycles. The molecule has 0 atom stereocenters. The zero-order valence-corrected chi connectivity index (χ0v) is 8.83. The van der Waals surface area contributed by atoms with Gasteiger partial charge in [0.2, 0.25) is 0 Å². The molecule has 3 aromatic rings. The Morgan fingerprint density at radius 1 is 1.06 bits per heavy atom. The maximum atomic E-state index is 4.40. The van der Waals surface area contributed by atoms with E-state index in [0.717, 1.165) is 22.7 Å². The quantitative estimate of drug-likeness (QED) is 0.618. The normalized spacial score (nSPS) is 10.8. The third-order valence-electron chi connectivity index (χ3n) is 2.45. The Labute approximate surface area is 92.6 Å². The van der Waals surface area contributed by atoms with E-state index in [1.807, 2.05) is 41.8 Å². The number of benzene rings is 1. The van der Waals surface area contributed by atoms with Crippen molar-refractivity contribution in [2.24, 2.45) is 0 Å². The van der Waals surface area contributed by atoms with Crippen molar-refractivity contribution in [3.63, 3.8) is 0 Å². The molecule has 0 fully saturated rings. The van der Waals surface area contributed by atoms with Crippen LogP contribution >= 0.6 is 0 Å². The van der Waals surface area contributed by atoms with Crippen LogP contribution in [-0.2, 0) is 0 Å². The Hall–Kier alpha value is -2.23. The van der Waals surface area contributed by atoms with Crippen molar-refractivity contribution in [1.82, 2.24) is 19.5 Å². The van der Waals surface area contributed by atoms with Crippen molar-refractivity contribution in [3.05, 3.63) is 48.7 Å². The summed E-state index contributed by atoms with van der Waals surface area (Å²) in [6.07, 6.45) is 3.52. The van der Waals surface area contributed by atoms with Gasteiger partial charge in [0.05, 0.1) is 6.20 Å². The second-order valence-corrected chi connectivity index (χ2v) is 3.58. The first-order valence-electron chi connectivity index (χ1n) is 5.07. The smallest absolute Gasteiger partial charge is 0.168 e. The Bertz CT molecular complexity index is 628. The summed E-state index contributed by atoms with van der Waals surface area (Å²) in [5.74, 6) is 0.755. The molecule has 16 heavy (non-hydrogen) atoms. The van der Waals surface area contributed by atoms with Gasteiger partial charge in [-0.15, -0.1) is 0 Å².